The second-order valence-corrected chi connectivity index (χ2v) is 4.82. The van der Waals surface area contributed by atoms with E-state index in [1.165, 1.54) is 19.2 Å². The third kappa shape index (κ3) is 4.85. The van der Waals surface area contributed by atoms with Crippen LogP contribution < -0.4 is 16.2 Å². The van der Waals surface area contributed by atoms with E-state index in [1.54, 1.807) is 12.1 Å². The van der Waals surface area contributed by atoms with Gasteiger partial charge in [0.05, 0.1) is 12.0 Å². The van der Waals surface area contributed by atoms with Gasteiger partial charge >= 0.3 is 12.0 Å². The Morgan fingerprint density at radius 3 is 2.64 bits per heavy atom. The summed E-state index contributed by atoms with van der Waals surface area (Å²) in [5.41, 5.74) is -0.579. The van der Waals surface area contributed by atoms with Crippen LogP contribution >= 0.6 is 0 Å². The Balaban J connectivity index is 1.95. The van der Waals surface area contributed by atoms with Crippen molar-refractivity contribution in [2.75, 3.05) is 26.9 Å². The molecule has 0 saturated heterocycles. The van der Waals surface area contributed by atoms with Crippen LogP contribution in [0, 0.1) is 0 Å². The molecular formula is C15H16N4O6. The molecule has 1 heterocycles. The van der Waals surface area contributed by atoms with E-state index < -0.39 is 30.1 Å². The zero-order chi connectivity index (χ0) is 18.2. The average Bonchev–Trinajstić information content (AvgIpc) is 2.60. The maximum atomic E-state index is 12.1. The molecule has 2 rings (SSSR count). The third-order valence-corrected chi connectivity index (χ3v) is 3.07. The number of amides is 3. The molecule has 0 saturated carbocycles. The van der Waals surface area contributed by atoms with Crippen molar-refractivity contribution in [2.24, 2.45) is 0 Å². The van der Waals surface area contributed by atoms with Crippen LogP contribution in [0.4, 0.5) is 4.79 Å². The van der Waals surface area contributed by atoms with E-state index in [-0.39, 0.29) is 17.6 Å². The number of rotatable bonds is 6. The van der Waals surface area contributed by atoms with Crippen LogP contribution in [0.15, 0.2) is 29.1 Å². The molecule has 3 amide bonds. The number of hydrogen-bond acceptors (Lipinski definition) is 7. The minimum atomic E-state index is -0.901. The van der Waals surface area contributed by atoms with Crippen molar-refractivity contribution in [3.63, 3.8) is 0 Å². The van der Waals surface area contributed by atoms with Gasteiger partial charge in [0.1, 0.15) is 0 Å². The van der Waals surface area contributed by atoms with Gasteiger partial charge in [0.2, 0.25) is 0 Å². The third-order valence-electron chi connectivity index (χ3n) is 3.07. The summed E-state index contributed by atoms with van der Waals surface area (Å²) in [6.07, 6.45) is 0. The first-order valence-electron chi connectivity index (χ1n) is 7.24. The Morgan fingerprint density at radius 1 is 1.20 bits per heavy atom. The van der Waals surface area contributed by atoms with E-state index in [2.05, 4.69) is 15.5 Å². The lowest BCUT2D eigenvalue weighted by Gasteiger charge is -2.07. The predicted molar refractivity (Wildman–Crippen MR) is 86.1 cm³/mol. The lowest BCUT2D eigenvalue weighted by molar-refractivity contribution is -0.123. The smallest absolute Gasteiger partial charge is 0.359 e. The highest BCUT2D eigenvalue weighted by atomic mass is 16.5. The molecule has 0 spiro atoms. The van der Waals surface area contributed by atoms with Gasteiger partial charge in [-0.05, 0) is 6.07 Å². The van der Waals surface area contributed by atoms with Gasteiger partial charge in [0, 0.05) is 19.0 Å². The fourth-order valence-electron chi connectivity index (χ4n) is 1.94. The molecule has 0 unspecified atom stereocenters. The van der Waals surface area contributed by atoms with Gasteiger partial charge in [0.25, 0.3) is 11.5 Å². The fraction of sp³-hybridized carbons (Fsp3) is 0.267. The van der Waals surface area contributed by atoms with Crippen LogP contribution in [-0.4, -0.2) is 55.0 Å². The van der Waals surface area contributed by atoms with Crippen molar-refractivity contribution in [3.8, 4) is 0 Å². The number of H-pyrrole nitrogens is 1. The average molecular weight is 348 g/mol. The van der Waals surface area contributed by atoms with Crippen molar-refractivity contribution in [1.82, 2.24) is 20.8 Å². The quantitative estimate of drug-likeness (QED) is 0.474. The molecule has 0 aliphatic rings. The number of carbonyl (C=O) groups excluding carboxylic acids is 3. The second-order valence-electron chi connectivity index (χ2n) is 4.82. The summed E-state index contributed by atoms with van der Waals surface area (Å²) in [5.74, 6) is -1.71. The topological polar surface area (TPSA) is 139 Å². The van der Waals surface area contributed by atoms with Crippen molar-refractivity contribution in [3.05, 3.63) is 40.3 Å². The predicted octanol–water partition coefficient (Wildman–Crippen LogP) is -0.448. The summed E-state index contributed by atoms with van der Waals surface area (Å²) < 4.78 is 9.56. The molecular weight excluding hydrogens is 332 g/mol. The standard InChI is InChI=1S/C15H16N4O6/c1-24-7-6-16-15(23)17-11(20)8-25-14(22)12-9-4-2-3-5-10(9)13(21)19-18-12/h2-5H,6-8H2,1H3,(H,19,21)(H2,16,17,20,23). The SMILES string of the molecule is COCCNC(=O)NC(=O)COC(=O)c1n[nH]c(=O)c2ccccc12. The van der Waals surface area contributed by atoms with E-state index in [1.807, 2.05) is 5.32 Å². The van der Waals surface area contributed by atoms with Crippen LogP contribution in [0.3, 0.4) is 0 Å². The van der Waals surface area contributed by atoms with Crippen molar-refractivity contribution >= 4 is 28.7 Å². The molecule has 25 heavy (non-hydrogen) atoms. The highest BCUT2D eigenvalue weighted by Crippen LogP contribution is 2.13. The summed E-state index contributed by atoms with van der Waals surface area (Å²) in [7, 11) is 1.47. The van der Waals surface area contributed by atoms with Crippen molar-refractivity contribution < 1.29 is 23.9 Å². The first-order valence-corrected chi connectivity index (χ1v) is 7.24. The molecule has 10 nitrogen and oxygen atoms in total. The first-order chi connectivity index (χ1) is 12.0. The van der Waals surface area contributed by atoms with Crippen molar-refractivity contribution in [2.45, 2.75) is 0 Å². The van der Waals surface area contributed by atoms with E-state index >= 15 is 0 Å². The number of fused-ring (bicyclic) bond motifs is 1. The maximum absolute atomic E-state index is 12.1. The molecule has 3 N–H and O–H groups in total. The number of methoxy groups -OCH3 is 1. The monoisotopic (exact) mass is 348 g/mol. The van der Waals surface area contributed by atoms with Gasteiger partial charge in [-0.1, -0.05) is 18.2 Å². The number of hydrogen-bond donors (Lipinski definition) is 3. The van der Waals surface area contributed by atoms with Crippen molar-refractivity contribution in [1.29, 1.82) is 0 Å². The van der Waals surface area contributed by atoms with Crippen LogP contribution in [-0.2, 0) is 14.3 Å². The maximum Gasteiger partial charge on any atom is 0.359 e. The molecule has 132 valence electrons. The van der Waals surface area contributed by atoms with Crippen LogP contribution in [0.2, 0.25) is 0 Å². The number of nitrogens with zero attached hydrogens (tertiary/aromatic N) is 1. The number of aromatic nitrogens is 2. The van der Waals surface area contributed by atoms with Gasteiger partial charge in [-0.15, -0.1) is 0 Å². The van der Waals surface area contributed by atoms with Gasteiger partial charge in [-0.2, -0.15) is 5.10 Å². The zero-order valence-corrected chi connectivity index (χ0v) is 13.3. The Morgan fingerprint density at radius 2 is 1.92 bits per heavy atom. The largest absolute Gasteiger partial charge is 0.451 e. The fourth-order valence-corrected chi connectivity index (χ4v) is 1.94. The van der Waals surface area contributed by atoms with Crippen LogP contribution in [0.1, 0.15) is 10.5 Å². The molecule has 0 aliphatic carbocycles. The number of benzene rings is 1. The van der Waals surface area contributed by atoms with Crippen LogP contribution in [0.25, 0.3) is 10.8 Å². The number of urea groups is 1. The molecule has 0 radical (unpaired) electrons. The summed E-state index contributed by atoms with van der Waals surface area (Å²) >= 11 is 0. The molecule has 0 fully saturated rings. The van der Waals surface area contributed by atoms with Gasteiger partial charge in [0.15, 0.2) is 12.3 Å². The number of nitrogens with one attached hydrogen (secondary N) is 3. The second kappa shape index (κ2) is 8.55. The summed E-state index contributed by atoms with van der Waals surface area (Å²) in [5, 5.41) is 10.8. The molecule has 0 atom stereocenters. The Hall–Kier alpha value is -3.27. The molecule has 0 bridgehead atoms. The first kappa shape index (κ1) is 18.1. The van der Waals surface area contributed by atoms with Gasteiger partial charge < -0.3 is 14.8 Å². The highest BCUT2D eigenvalue weighted by Gasteiger charge is 2.17. The van der Waals surface area contributed by atoms with E-state index in [0.29, 0.717) is 12.0 Å². The summed E-state index contributed by atoms with van der Waals surface area (Å²) in [6, 6.07) is 5.62. The number of carbonyl (C=O) groups is 3. The Labute approximate surface area is 141 Å². The highest BCUT2D eigenvalue weighted by molar-refractivity contribution is 6.03. The zero-order valence-electron chi connectivity index (χ0n) is 13.3. The number of esters is 1. The molecule has 1 aromatic heterocycles. The number of aromatic amines is 1. The normalized spacial score (nSPS) is 10.3. The van der Waals surface area contributed by atoms with E-state index in [9.17, 15) is 19.2 Å². The number of imide groups is 1. The van der Waals surface area contributed by atoms with E-state index in [0.717, 1.165) is 0 Å². The Bertz CT molecular complexity index is 847. The minimum absolute atomic E-state index is 0.132. The van der Waals surface area contributed by atoms with E-state index in [4.69, 9.17) is 9.47 Å². The molecule has 2 aromatic rings. The summed E-state index contributed by atoms with van der Waals surface area (Å²) in [6.45, 7) is -0.157. The molecule has 10 heteroatoms. The molecule has 1 aromatic carbocycles. The number of ether oxygens (including phenoxy) is 2. The lowest BCUT2D eigenvalue weighted by atomic mass is 10.1. The lowest BCUT2D eigenvalue weighted by Crippen LogP contribution is -2.42. The van der Waals surface area contributed by atoms with Crippen LogP contribution in [0.5, 0.6) is 0 Å². The molecule has 0 aliphatic heterocycles. The Kier molecular flexibility index (Phi) is 6.18. The summed E-state index contributed by atoms with van der Waals surface area (Å²) in [4.78, 5) is 46.7. The minimum Gasteiger partial charge on any atom is -0.451 e. The van der Waals surface area contributed by atoms with Gasteiger partial charge in [-0.3, -0.25) is 14.9 Å². The van der Waals surface area contributed by atoms with Gasteiger partial charge in [-0.25, -0.2) is 14.7 Å².